The van der Waals surface area contributed by atoms with Crippen LogP contribution in [0.4, 0.5) is 4.39 Å². The number of sulfonamides is 1. The maximum Gasteiger partial charge on any atom is 0.247 e. The predicted molar refractivity (Wildman–Crippen MR) is 68.1 cm³/mol. The first-order chi connectivity index (χ1) is 8.80. The highest BCUT2D eigenvalue weighted by Crippen LogP contribution is 2.38. The van der Waals surface area contributed by atoms with Crippen molar-refractivity contribution in [2.24, 2.45) is 0 Å². The molecule has 0 aromatic heterocycles. The van der Waals surface area contributed by atoms with Crippen LogP contribution >= 0.6 is 0 Å². The summed E-state index contributed by atoms with van der Waals surface area (Å²) in [5.74, 6) is -0.790. The Morgan fingerprint density at radius 3 is 2.42 bits per heavy atom. The third-order valence-corrected chi connectivity index (χ3v) is 5.24. The minimum Gasteiger partial charge on any atom is -0.207 e. The van der Waals surface area contributed by atoms with E-state index in [9.17, 15) is 18.1 Å². The van der Waals surface area contributed by atoms with Crippen molar-refractivity contribution in [3.8, 4) is 6.07 Å². The van der Waals surface area contributed by atoms with Gasteiger partial charge in [0.15, 0.2) is 0 Å². The second-order valence-corrected chi connectivity index (χ2v) is 6.92. The maximum atomic E-state index is 13.7. The van der Waals surface area contributed by atoms with Crippen molar-refractivity contribution in [2.75, 3.05) is 0 Å². The number of rotatable bonds is 4. The topological polar surface area (TPSA) is 61.2 Å². The van der Waals surface area contributed by atoms with Gasteiger partial charge in [0.1, 0.15) is 16.3 Å². The molecule has 0 atom stereocenters. The Morgan fingerprint density at radius 1 is 1.37 bits per heavy atom. The minimum absolute atomic E-state index is 0.209. The van der Waals surface area contributed by atoms with E-state index in [0.717, 1.165) is 10.4 Å². The molecule has 4 nitrogen and oxygen atoms in total. The Hall–Kier alpha value is -1.45. The van der Waals surface area contributed by atoms with Gasteiger partial charge in [0.05, 0.1) is 6.07 Å². The number of benzene rings is 1. The van der Waals surface area contributed by atoms with Crippen molar-refractivity contribution >= 4 is 10.0 Å². The maximum absolute atomic E-state index is 13.7. The molecule has 0 bridgehead atoms. The SMILES string of the molecule is CC(C)(C#N)N(C1CC1)S(=O)(=O)c1ccccc1F. The summed E-state index contributed by atoms with van der Waals surface area (Å²) in [4.78, 5) is -0.370. The molecule has 1 saturated carbocycles. The molecule has 0 radical (unpaired) electrons. The van der Waals surface area contributed by atoms with E-state index in [0.29, 0.717) is 12.8 Å². The van der Waals surface area contributed by atoms with Crippen molar-refractivity contribution in [3.63, 3.8) is 0 Å². The fraction of sp³-hybridized carbons (Fsp3) is 0.462. The normalized spacial score (nSPS) is 16.4. The average Bonchev–Trinajstić information content (AvgIpc) is 3.13. The molecule has 2 rings (SSSR count). The molecular formula is C13H15FN2O2S. The quantitative estimate of drug-likeness (QED) is 0.851. The zero-order valence-electron chi connectivity index (χ0n) is 10.8. The second kappa shape index (κ2) is 4.58. The van der Waals surface area contributed by atoms with E-state index >= 15 is 0 Å². The lowest BCUT2D eigenvalue weighted by molar-refractivity contribution is 0.279. The molecule has 19 heavy (non-hydrogen) atoms. The van der Waals surface area contributed by atoms with E-state index in [1.807, 2.05) is 6.07 Å². The van der Waals surface area contributed by atoms with Crippen molar-refractivity contribution in [1.29, 1.82) is 5.26 Å². The average molecular weight is 282 g/mol. The fourth-order valence-electron chi connectivity index (χ4n) is 2.07. The standard InChI is InChI=1S/C13H15FN2O2S/c1-13(2,9-15)16(10-7-8-10)19(17,18)12-6-4-3-5-11(12)14/h3-6,10H,7-8H2,1-2H3. The third kappa shape index (κ3) is 2.48. The van der Waals surface area contributed by atoms with Crippen LogP contribution in [0, 0.1) is 17.1 Å². The van der Waals surface area contributed by atoms with E-state index in [1.54, 1.807) is 0 Å². The fourth-order valence-corrected chi connectivity index (χ4v) is 4.09. The highest BCUT2D eigenvalue weighted by Gasteiger charge is 2.47. The molecular weight excluding hydrogens is 267 g/mol. The molecule has 1 aromatic rings. The first-order valence-corrected chi connectivity index (χ1v) is 7.45. The first kappa shape index (κ1) is 14.0. The van der Waals surface area contributed by atoms with Gasteiger partial charge >= 0.3 is 0 Å². The second-order valence-electron chi connectivity index (χ2n) is 5.13. The summed E-state index contributed by atoms with van der Waals surface area (Å²) in [6.45, 7) is 3.06. The van der Waals surface area contributed by atoms with Gasteiger partial charge in [-0.1, -0.05) is 12.1 Å². The monoisotopic (exact) mass is 282 g/mol. The van der Waals surface area contributed by atoms with Gasteiger partial charge in [0.25, 0.3) is 0 Å². The Morgan fingerprint density at radius 2 is 1.95 bits per heavy atom. The molecule has 0 saturated heterocycles. The molecule has 0 unspecified atom stereocenters. The molecule has 102 valence electrons. The van der Waals surface area contributed by atoms with Gasteiger partial charge in [-0.05, 0) is 38.8 Å². The summed E-state index contributed by atoms with van der Waals surface area (Å²) < 4.78 is 40.0. The highest BCUT2D eigenvalue weighted by atomic mass is 32.2. The van der Waals surface area contributed by atoms with E-state index < -0.39 is 21.4 Å². The van der Waals surface area contributed by atoms with E-state index in [-0.39, 0.29) is 10.9 Å². The van der Waals surface area contributed by atoms with Crippen molar-refractivity contribution < 1.29 is 12.8 Å². The van der Waals surface area contributed by atoms with Gasteiger partial charge in [-0.15, -0.1) is 0 Å². The Kier molecular flexibility index (Phi) is 3.37. The molecule has 0 aliphatic heterocycles. The van der Waals surface area contributed by atoms with Gasteiger partial charge in [-0.3, -0.25) is 0 Å². The highest BCUT2D eigenvalue weighted by molar-refractivity contribution is 7.89. The molecule has 0 N–H and O–H groups in total. The minimum atomic E-state index is -4.00. The van der Waals surface area contributed by atoms with E-state index in [1.165, 1.54) is 32.0 Å². The summed E-state index contributed by atoms with van der Waals surface area (Å²) in [5, 5.41) is 9.17. The van der Waals surface area contributed by atoms with Crippen LogP contribution in [0.25, 0.3) is 0 Å². The number of nitrogens with zero attached hydrogens (tertiary/aromatic N) is 2. The zero-order valence-corrected chi connectivity index (χ0v) is 11.6. The molecule has 0 amide bonds. The lowest BCUT2D eigenvalue weighted by Crippen LogP contribution is -2.48. The van der Waals surface area contributed by atoms with Gasteiger partial charge in [-0.25, -0.2) is 12.8 Å². The summed E-state index contributed by atoms with van der Waals surface area (Å²) in [5.41, 5.74) is -1.19. The molecule has 1 fully saturated rings. The van der Waals surface area contributed by atoms with Crippen LogP contribution in [-0.4, -0.2) is 24.3 Å². The molecule has 1 aliphatic carbocycles. The summed E-state index contributed by atoms with van der Waals surface area (Å²) >= 11 is 0. The van der Waals surface area contributed by atoms with Crippen LogP contribution < -0.4 is 0 Å². The number of hydrogen-bond donors (Lipinski definition) is 0. The summed E-state index contributed by atoms with van der Waals surface area (Å²) in [7, 11) is -4.00. The van der Waals surface area contributed by atoms with Gasteiger partial charge in [0, 0.05) is 6.04 Å². The van der Waals surface area contributed by atoms with Crippen molar-refractivity contribution in [1.82, 2.24) is 4.31 Å². The number of hydrogen-bond acceptors (Lipinski definition) is 3. The smallest absolute Gasteiger partial charge is 0.207 e. The lowest BCUT2D eigenvalue weighted by Gasteiger charge is -2.32. The zero-order chi connectivity index (χ0) is 14.3. The van der Waals surface area contributed by atoms with Crippen molar-refractivity contribution in [3.05, 3.63) is 30.1 Å². The van der Waals surface area contributed by atoms with Gasteiger partial charge in [-0.2, -0.15) is 9.57 Å². The van der Waals surface area contributed by atoms with Crippen LogP contribution in [0.15, 0.2) is 29.2 Å². The Labute approximate surface area is 112 Å². The van der Waals surface area contributed by atoms with Crippen LogP contribution in [0.2, 0.25) is 0 Å². The Bertz CT molecular complexity index is 630. The van der Waals surface area contributed by atoms with Crippen LogP contribution in [0.5, 0.6) is 0 Å². The summed E-state index contributed by atoms with van der Waals surface area (Å²) in [6, 6.07) is 7.02. The van der Waals surface area contributed by atoms with Crippen LogP contribution in [0.3, 0.4) is 0 Å². The third-order valence-electron chi connectivity index (χ3n) is 3.08. The lowest BCUT2D eigenvalue weighted by atomic mass is 10.1. The predicted octanol–water partition coefficient (Wildman–Crippen LogP) is 2.28. The molecule has 1 aliphatic rings. The van der Waals surface area contributed by atoms with Crippen LogP contribution in [-0.2, 0) is 10.0 Å². The molecule has 0 heterocycles. The van der Waals surface area contributed by atoms with Crippen molar-refractivity contribution in [2.45, 2.75) is 43.2 Å². The van der Waals surface area contributed by atoms with Crippen LogP contribution in [0.1, 0.15) is 26.7 Å². The molecule has 1 aromatic carbocycles. The largest absolute Gasteiger partial charge is 0.247 e. The number of halogens is 1. The molecule has 6 heteroatoms. The van der Waals surface area contributed by atoms with Gasteiger partial charge in [0.2, 0.25) is 10.0 Å². The van der Waals surface area contributed by atoms with E-state index in [2.05, 4.69) is 0 Å². The Balaban J connectivity index is 2.54. The molecule has 0 spiro atoms. The van der Waals surface area contributed by atoms with Gasteiger partial charge < -0.3 is 0 Å². The number of nitriles is 1. The summed E-state index contributed by atoms with van der Waals surface area (Å²) in [6.07, 6.45) is 1.41. The first-order valence-electron chi connectivity index (χ1n) is 6.01. The van der Waals surface area contributed by atoms with E-state index in [4.69, 9.17) is 0 Å².